The lowest BCUT2D eigenvalue weighted by molar-refractivity contribution is -0.116. The van der Waals surface area contributed by atoms with Gasteiger partial charge in [0.15, 0.2) is 5.82 Å². The molecule has 2 N–H and O–H groups in total. The first-order chi connectivity index (χ1) is 16.0. The van der Waals surface area contributed by atoms with Crippen LogP contribution in [0.1, 0.15) is 22.7 Å². The van der Waals surface area contributed by atoms with Crippen molar-refractivity contribution in [3.63, 3.8) is 0 Å². The van der Waals surface area contributed by atoms with Crippen LogP contribution in [0.25, 0.3) is 11.4 Å². The van der Waals surface area contributed by atoms with Gasteiger partial charge in [0.25, 0.3) is 0 Å². The summed E-state index contributed by atoms with van der Waals surface area (Å²) >= 11 is 7.53. The van der Waals surface area contributed by atoms with Gasteiger partial charge in [0.1, 0.15) is 5.25 Å². The number of anilines is 1. The summed E-state index contributed by atoms with van der Waals surface area (Å²) < 4.78 is 1.86. The molecule has 5 rings (SSSR count). The number of aromatic nitrogens is 3. The van der Waals surface area contributed by atoms with Crippen LogP contribution in [-0.4, -0.2) is 26.0 Å². The zero-order chi connectivity index (χ0) is 22.9. The van der Waals surface area contributed by atoms with Gasteiger partial charge in [-0.3, -0.25) is 4.79 Å². The molecule has 2 atom stereocenters. The number of carbonyl (C=O) groups is 1. The normalized spacial score (nSPS) is 17.2. The van der Waals surface area contributed by atoms with Crippen molar-refractivity contribution in [2.75, 3.05) is 10.7 Å². The Labute approximate surface area is 201 Å². The summed E-state index contributed by atoms with van der Waals surface area (Å²) in [6, 6.07) is 23.1. The van der Waals surface area contributed by atoms with Crippen LogP contribution in [0.2, 0.25) is 5.02 Å². The lowest BCUT2D eigenvalue weighted by atomic mass is 10.0. The number of fused-ring (bicyclic) bond motifs is 1. The van der Waals surface area contributed by atoms with Gasteiger partial charge in [0.2, 0.25) is 11.1 Å². The Balaban J connectivity index is 1.53. The number of rotatable bonds is 4. The van der Waals surface area contributed by atoms with Gasteiger partial charge in [-0.2, -0.15) is 0 Å². The monoisotopic (exact) mass is 475 g/mol. The molecule has 0 fully saturated rings. The van der Waals surface area contributed by atoms with Crippen LogP contribution in [0.3, 0.4) is 0 Å². The minimum atomic E-state index is -0.467. The number of halogens is 1. The predicted octanol–water partition coefficient (Wildman–Crippen LogP) is 5.61. The minimum absolute atomic E-state index is 0.0969. The van der Waals surface area contributed by atoms with Crippen molar-refractivity contribution < 1.29 is 4.79 Å². The fourth-order valence-corrected chi connectivity index (χ4v) is 5.16. The van der Waals surface area contributed by atoms with Crippen molar-refractivity contribution in [3.05, 3.63) is 94.5 Å². The van der Waals surface area contributed by atoms with E-state index in [1.54, 1.807) is 0 Å². The minimum Gasteiger partial charge on any atom is -0.325 e. The summed E-state index contributed by atoms with van der Waals surface area (Å²) in [7, 11) is 0. The highest BCUT2D eigenvalue weighted by atomic mass is 35.5. The van der Waals surface area contributed by atoms with Crippen LogP contribution in [0, 0.1) is 13.8 Å². The molecule has 0 spiro atoms. The number of para-hydroxylation sites is 1. The number of amides is 1. The third kappa shape index (κ3) is 4.21. The molecular weight excluding hydrogens is 454 g/mol. The van der Waals surface area contributed by atoms with Crippen molar-refractivity contribution in [2.45, 2.75) is 30.3 Å². The summed E-state index contributed by atoms with van der Waals surface area (Å²) in [6.07, 6.45) is 0. The van der Waals surface area contributed by atoms with E-state index in [9.17, 15) is 4.79 Å². The number of hydrogen-bond acceptors (Lipinski definition) is 5. The Kier molecular flexibility index (Phi) is 5.83. The second kappa shape index (κ2) is 8.92. The van der Waals surface area contributed by atoms with E-state index in [1.807, 2.05) is 91.3 Å². The van der Waals surface area contributed by atoms with E-state index >= 15 is 0 Å². The van der Waals surface area contributed by atoms with Crippen molar-refractivity contribution in [1.29, 1.82) is 0 Å². The van der Waals surface area contributed by atoms with Gasteiger partial charge >= 0.3 is 0 Å². The highest BCUT2D eigenvalue weighted by molar-refractivity contribution is 8.00. The standard InChI is InChI=1S/C25H22ClN5OS/c1-15-7-6-8-16(2)20(15)27-24(32)22-21(17-11-13-19(26)14-12-17)30-31-23(28-29-25(31)33-22)18-9-4-3-5-10-18/h3-14,21-22,30H,1-2H3,(H,27,32). The molecule has 33 heavy (non-hydrogen) atoms. The molecule has 6 nitrogen and oxygen atoms in total. The van der Waals surface area contributed by atoms with E-state index in [4.69, 9.17) is 11.6 Å². The Morgan fingerprint density at radius 3 is 2.36 bits per heavy atom. The van der Waals surface area contributed by atoms with Crippen LogP contribution in [0.4, 0.5) is 5.69 Å². The first-order valence-corrected chi connectivity index (χ1v) is 11.8. The molecule has 0 saturated heterocycles. The molecule has 166 valence electrons. The van der Waals surface area contributed by atoms with E-state index in [1.165, 1.54) is 11.8 Å². The Hall–Kier alpha value is -3.29. The van der Waals surface area contributed by atoms with Gasteiger partial charge in [-0.1, -0.05) is 84.0 Å². The molecule has 0 bridgehead atoms. The molecule has 0 saturated carbocycles. The maximum Gasteiger partial charge on any atom is 0.240 e. The zero-order valence-electron chi connectivity index (χ0n) is 18.1. The van der Waals surface area contributed by atoms with E-state index in [2.05, 4.69) is 20.9 Å². The van der Waals surface area contributed by atoms with Crippen molar-refractivity contribution in [2.24, 2.45) is 0 Å². The molecule has 1 aliphatic heterocycles. The average molecular weight is 476 g/mol. The summed E-state index contributed by atoms with van der Waals surface area (Å²) in [4.78, 5) is 13.6. The van der Waals surface area contributed by atoms with Gasteiger partial charge < -0.3 is 10.7 Å². The highest BCUT2D eigenvalue weighted by Crippen LogP contribution is 2.39. The lowest BCUT2D eigenvalue weighted by Crippen LogP contribution is -2.41. The average Bonchev–Trinajstić information content (AvgIpc) is 3.25. The Morgan fingerprint density at radius 2 is 1.67 bits per heavy atom. The molecule has 3 aromatic carbocycles. The maximum atomic E-state index is 13.6. The van der Waals surface area contributed by atoms with Gasteiger partial charge in [0.05, 0.1) is 6.04 Å². The number of thioether (sulfide) groups is 1. The first kappa shape index (κ1) is 21.6. The molecule has 1 aliphatic rings. The van der Waals surface area contributed by atoms with E-state index in [-0.39, 0.29) is 11.9 Å². The number of aryl methyl sites for hydroxylation is 2. The van der Waals surface area contributed by atoms with E-state index in [0.29, 0.717) is 16.0 Å². The van der Waals surface area contributed by atoms with Crippen LogP contribution < -0.4 is 10.7 Å². The van der Waals surface area contributed by atoms with Gasteiger partial charge in [0, 0.05) is 16.3 Å². The molecular formula is C25H22ClN5OS. The summed E-state index contributed by atoms with van der Waals surface area (Å²) in [6.45, 7) is 3.99. The summed E-state index contributed by atoms with van der Waals surface area (Å²) in [5, 5.41) is 12.7. The lowest BCUT2D eigenvalue weighted by Gasteiger charge is -2.33. The topological polar surface area (TPSA) is 71.8 Å². The quantitative estimate of drug-likeness (QED) is 0.401. The second-order valence-electron chi connectivity index (χ2n) is 7.96. The largest absolute Gasteiger partial charge is 0.325 e. The zero-order valence-corrected chi connectivity index (χ0v) is 19.7. The maximum absolute atomic E-state index is 13.6. The number of hydrogen-bond donors (Lipinski definition) is 2. The summed E-state index contributed by atoms with van der Waals surface area (Å²) in [5.41, 5.74) is 8.27. The van der Waals surface area contributed by atoms with Crippen LogP contribution in [0.15, 0.2) is 78.0 Å². The smallest absolute Gasteiger partial charge is 0.240 e. The molecule has 4 aromatic rings. The van der Waals surface area contributed by atoms with Gasteiger partial charge in [-0.25, -0.2) is 4.68 Å². The van der Waals surface area contributed by atoms with Crippen LogP contribution in [-0.2, 0) is 4.79 Å². The fourth-order valence-electron chi connectivity index (χ4n) is 3.96. The van der Waals surface area contributed by atoms with Crippen molar-refractivity contribution in [1.82, 2.24) is 14.9 Å². The molecule has 0 radical (unpaired) electrons. The molecule has 2 heterocycles. The number of carbonyl (C=O) groups excluding carboxylic acids is 1. The fraction of sp³-hybridized carbons (Fsp3) is 0.160. The Morgan fingerprint density at radius 1 is 0.970 bits per heavy atom. The van der Waals surface area contributed by atoms with E-state index in [0.717, 1.165) is 27.9 Å². The van der Waals surface area contributed by atoms with Crippen LogP contribution in [0.5, 0.6) is 0 Å². The third-order valence-corrected chi connectivity index (χ3v) is 7.15. The van der Waals surface area contributed by atoms with Crippen molar-refractivity contribution >= 4 is 35.0 Å². The SMILES string of the molecule is Cc1cccc(C)c1NC(=O)C1Sc2nnc(-c3ccccc3)n2NC1c1ccc(Cl)cc1. The molecule has 0 aliphatic carbocycles. The highest BCUT2D eigenvalue weighted by Gasteiger charge is 2.38. The first-order valence-electron chi connectivity index (χ1n) is 10.6. The summed E-state index contributed by atoms with van der Waals surface area (Å²) in [5.74, 6) is 0.603. The Bertz CT molecular complexity index is 1290. The number of nitrogens with zero attached hydrogens (tertiary/aromatic N) is 3. The van der Waals surface area contributed by atoms with Gasteiger partial charge in [-0.15, -0.1) is 10.2 Å². The van der Waals surface area contributed by atoms with Crippen molar-refractivity contribution in [3.8, 4) is 11.4 Å². The molecule has 2 unspecified atom stereocenters. The van der Waals surface area contributed by atoms with Crippen LogP contribution >= 0.6 is 23.4 Å². The number of nitrogens with one attached hydrogen (secondary N) is 2. The predicted molar refractivity (Wildman–Crippen MR) is 133 cm³/mol. The number of benzene rings is 3. The molecule has 1 aromatic heterocycles. The molecule has 8 heteroatoms. The third-order valence-electron chi connectivity index (χ3n) is 5.69. The van der Waals surface area contributed by atoms with Gasteiger partial charge in [-0.05, 0) is 42.7 Å². The second-order valence-corrected chi connectivity index (χ2v) is 9.51. The van der Waals surface area contributed by atoms with E-state index < -0.39 is 5.25 Å². The molecule has 1 amide bonds.